The summed E-state index contributed by atoms with van der Waals surface area (Å²) in [6.45, 7) is 4.48. The second-order valence-corrected chi connectivity index (χ2v) is 9.38. The number of hydrogen-bond donors (Lipinski definition) is 1. The van der Waals surface area contributed by atoms with Crippen LogP contribution in [0.5, 0.6) is 0 Å². The third-order valence-electron chi connectivity index (χ3n) is 7.56. The van der Waals surface area contributed by atoms with Crippen molar-refractivity contribution in [2.75, 3.05) is 32.0 Å². The lowest BCUT2D eigenvalue weighted by molar-refractivity contribution is -0.146. The van der Waals surface area contributed by atoms with Crippen LogP contribution in [0.2, 0.25) is 0 Å². The Balaban J connectivity index is 1.61. The number of para-hydroxylation sites is 1. The van der Waals surface area contributed by atoms with E-state index < -0.39 is 16.9 Å². The van der Waals surface area contributed by atoms with Crippen molar-refractivity contribution in [3.8, 4) is 0 Å². The second-order valence-electron chi connectivity index (χ2n) is 9.38. The van der Waals surface area contributed by atoms with Crippen molar-refractivity contribution in [1.29, 1.82) is 0 Å². The van der Waals surface area contributed by atoms with Gasteiger partial charge in [-0.25, -0.2) is 4.98 Å². The van der Waals surface area contributed by atoms with Crippen LogP contribution in [-0.4, -0.2) is 57.8 Å². The summed E-state index contributed by atoms with van der Waals surface area (Å²) in [7, 11) is 4.04. The number of nitrogens with one attached hydrogen (secondary N) is 1. The molecule has 5 rings (SSSR count). The predicted octanol–water partition coefficient (Wildman–Crippen LogP) is 2.32. The molecule has 0 aliphatic carbocycles. The summed E-state index contributed by atoms with van der Waals surface area (Å²) in [4.78, 5) is 36.2. The van der Waals surface area contributed by atoms with Crippen molar-refractivity contribution >= 4 is 17.5 Å². The van der Waals surface area contributed by atoms with Crippen LogP contribution in [0.1, 0.15) is 43.6 Å². The third-order valence-corrected chi connectivity index (χ3v) is 7.56. The Labute approximate surface area is 177 Å². The number of carbonyl (C=O) groups is 2. The van der Waals surface area contributed by atoms with Gasteiger partial charge in [-0.05, 0) is 51.0 Å². The van der Waals surface area contributed by atoms with Crippen molar-refractivity contribution in [3.63, 3.8) is 0 Å². The summed E-state index contributed by atoms with van der Waals surface area (Å²) < 4.78 is 1.95. The minimum atomic E-state index is -0.798. The normalized spacial score (nSPS) is 28.0. The predicted molar refractivity (Wildman–Crippen MR) is 114 cm³/mol. The molecule has 4 heterocycles. The van der Waals surface area contributed by atoms with Crippen LogP contribution >= 0.6 is 0 Å². The first-order valence-corrected chi connectivity index (χ1v) is 10.7. The lowest BCUT2D eigenvalue weighted by atomic mass is 9.73. The zero-order valence-electron chi connectivity index (χ0n) is 17.9. The summed E-state index contributed by atoms with van der Waals surface area (Å²) in [5.74, 6) is 0.891. The van der Waals surface area contributed by atoms with Crippen molar-refractivity contribution in [2.24, 2.45) is 12.5 Å². The van der Waals surface area contributed by atoms with E-state index in [9.17, 15) is 9.59 Å². The number of anilines is 1. The van der Waals surface area contributed by atoms with Crippen molar-refractivity contribution in [3.05, 3.63) is 48.0 Å². The van der Waals surface area contributed by atoms with E-state index in [4.69, 9.17) is 0 Å². The van der Waals surface area contributed by atoms with E-state index >= 15 is 0 Å². The molecule has 0 radical (unpaired) electrons. The average Bonchev–Trinajstić information content (AvgIpc) is 3.41. The van der Waals surface area contributed by atoms with E-state index in [1.54, 1.807) is 6.20 Å². The van der Waals surface area contributed by atoms with Crippen LogP contribution in [-0.2, 0) is 22.1 Å². The van der Waals surface area contributed by atoms with E-state index in [0.29, 0.717) is 13.0 Å². The van der Waals surface area contributed by atoms with E-state index in [-0.39, 0.29) is 11.8 Å². The molecule has 30 heavy (non-hydrogen) atoms. The van der Waals surface area contributed by atoms with Gasteiger partial charge in [0.1, 0.15) is 17.3 Å². The highest BCUT2D eigenvalue weighted by molar-refractivity contribution is 6.07. The Morgan fingerprint density at radius 3 is 2.57 bits per heavy atom. The Morgan fingerprint density at radius 2 is 1.87 bits per heavy atom. The van der Waals surface area contributed by atoms with E-state index in [0.717, 1.165) is 43.0 Å². The monoisotopic (exact) mass is 407 g/mol. The van der Waals surface area contributed by atoms with Crippen LogP contribution in [0.25, 0.3) is 0 Å². The molecule has 3 aliphatic heterocycles. The van der Waals surface area contributed by atoms with Gasteiger partial charge in [-0.3, -0.25) is 9.59 Å². The summed E-state index contributed by atoms with van der Waals surface area (Å²) in [6, 6.07) is 7.46. The highest BCUT2D eigenvalue weighted by atomic mass is 16.2. The molecule has 1 aromatic carbocycles. The van der Waals surface area contributed by atoms with Gasteiger partial charge < -0.3 is 19.7 Å². The summed E-state index contributed by atoms with van der Waals surface area (Å²) in [5, 5.41) is 3.08. The molecule has 2 saturated heterocycles. The topological polar surface area (TPSA) is 70.5 Å². The summed E-state index contributed by atoms with van der Waals surface area (Å²) >= 11 is 0. The average molecular weight is 408 g/mol. The number of amides is 2. The van der Waals surface area contributed by atoms with Crippen LogP contribution in [0.3, 0.4) is 0 Å². The lowest BCUT2D eigenvalue weighted by Crippen LogP contribution is -2.50. The smallest absolute Gasteiger partial charge is 0.237 e. The number of piperidine rings is 1. The van der Waals surface area contributed by atoms with Gasteiger partial charge >= 0.3 is 0 Å². The number of fused-ring (bicyclic) bond motifs is 2. The van der Waals surface area contributed by atoms with Gasteiger partial charge in [0.2, 0.25) is 11.8 Å². The lowest BCUT2D eigenvalue weighted by Gasteiger charge is -2.41. The number of aromatic nitrogens is 2. The van der Waals surface area contributed by atoms with Crippen molar-refractivity contribution < 1.29 is 9.59 Å². The fraction of sp³-hybridized carbons (Fsp3) is 0.522. The number of hydrogen-bond acceptors (Lipinski definition) is 4. The Hall–Kier alpha value is -2.67. The van der Waals surface area contributed by atoms with Crippen LogP contribution in [0.4, 0.5) is 5.69 Å². The molecule has 3 aliphatic rings. The highest BCUT2D eigenvalue weighted by Gasteiger charge is 2.61. The summed E-state index contributed by atoms with van der Waals surface area (Å²) in [6.07, 6.45) is 5.92. The first-order chi connectivity index (χ1) is 14.4. The van der Waals surface area contributed by atoms with Crippen molar-refractivity contribution in [1.82, 2.24) is 19.4 Å². The molecular weight excluding hydrogens is 378 g/mol. The molecule has 7 heteroatoms. The first-order valence-electron chi connectivity index (χ1n) is 10.7. The zero-order chi connectivity index (χ0) is 21.1. The van der Waals surface area contributed by atoms with Gasteiger partial charge in [-0.2, -0.15) is 0 Å². The molecule has 0 saturated carbocycles. The molecule has 0 unspecified atom stereocenters. The molecular formula is C23H29N5O2. The molecule has 2 amide bonds. The van der Waals surface area contributed by atoms with Gasteiger partial charge in [0, 0.05) is 37.1 Å². The minimum Gasteiger partial charge on any atom is -0.336 e. The number of rotatable bonds is 2. The van der Waals surface area contributed by atoms with Crippen LogP contribution < -0.4 is 5.32 Å². The zero-order valence-corrected chi connectivity index (χ0v) is 17.9. The maximum Gasteiger partial charge on any atom is 0.237 e. The Bertz CT molecular complexity index is 1010. The number of benzene rings is 1. The maximum atomic E-state index is 13.9. The number of nitrogens with zero attached hydrogens (tertiary/aromatic N) is 4. The molecule has 1 aromatic heterocycles. The van der Waals surface area contributed by atoms with Gasteiger partial charge in [0.05, 0.1) is 0 Å². The van der Waals surface area contributed by atoms with Gasteiger partial charge in [-0.15, -0.1) is 0 Å². The highest BCUT2D eigenvalue weighted by Crippen LogP contribution is 2.55. The largest absolute Gasteiger partial charge is 0.336 e. The van der Waals surface area contributed by atoms with Gasteiger partial charge in [0.15, 0.2) is 0 Å². The SMILES string of the molecule is CN1CCC(C)(C(=O)N2CC[C@]3(C(=O)Nc4ccccc43)[C@@H]2c2nccn2C)CC1. The molecule has 0 bridgehead atoms. The van der Waals surface area contributed by atoms with E-state index in [1.165, 1.54) is 0 Å². The fourth-order valence-electron chi connectivity index (χ4n) is 5.58. The Kier molecular flexibility index (Phi) is 4.29. The molecule has 1 N–H and O–H groups in total. The number of aryl methyl sites for hydroxylation is 1. The van der Waals surface area contributed by atoms with Crippen molar-refractivity contribution in [2.45, 2.75) is 37.6 Å². The fourth-order valence-corrected chi connectivity index (χ4v) is 5.58. The second kappa shape index (κ2) is 6.67. The van der Waals surface area contributed by atoms with Gasteiger partial charge in [-0.1, -0.05) is 25.1 Å². The van der Waals surface area contributed by atoms with Crippen LogP contribution in [0.15, 0.2) is 36.7 Å². The van der Waals surface area contributed by atoms with Crippen LogP contribution in [0, 0.1) is 5.41 Å². The maximum absolute atomic E-state index is 13.9. The quantitative estimate of drug-likeness (QED) is 0.830. The molecule has 2 aromatic rings. The molecule has 2 fully saturated rings. The number of imidazole rings is 1. The molecule has 2 atom stereocenters. The summed E-state index contributed by atoms with van der Waals surface area (Å²) in [5.41, 5.74) is 0.622. The molecule has 158 valence electrons. The number of carbonyl (C=O) groups excluding carboxylic acids is 2. The third kappa shape index (κ3) is 2.57. The van der Waals surface area contributed by atoms with E-state index in [1.807, 2.05) is 47.0 Å². The van der Waals surface area contributed by atoms with E-state index in [2.05, 4.69) is 29.2 Å². The Morgan fingerprint density at radius 1 is 1.13 bits per heavy atom. The number of likely N-dealkylation sites (tertiary alicyclic amines) is 2. The standard InChI is InChI=1S/C23H29N5O2/c1-22(8-12-26(2)13-9-22)21(30)28-14-10-23(18(28)19-24-11-15-27(19)3)16-6-4-5-7-17(16)25-20(23)29/h4-7,11,15,18H,8-10,12-14H2,1-3H3,(H,25,29)/t18-,23+/m0/s1. The molecule has 1 spiro atoms. The van der Waals surface area contributed by atoms with Gasteiger partial charge in [0.25, 0.3) is 0 Å². The minimum absolute atomic E-state index is 0.0273. The molecule has 7 nitrogen and oxygen atoms in total. The first kappa shape index (κ1) is 19.3.